The highest BCUT2D eigenvalue weighted by Gasteiger charge is 2.11. The SMILES string of the molecule is COc1cc(O)ccc1C(=O)CCN. The van der Waals surface area contributed by atoms with Gasteiger partial charge >= 0.3 is 0 Å². The summed E-state index contributed by atoms with van der Waals surface area (Å²) in [7, 11) is 1.45. The van der Waals surface area contributed by atoms with Crippen molar-refractivity contribution in [3.8, 4) is 11.5 Å². The minimum absolute atomic E-state index is 0.0751. The van der Waals surface area contributed by atoms with Crippen LogP contribution in [-0.2, 0) is 0 Å². The van der Waals surface area contributed by atoms with Crippen molar-refractivity contribution in [1.82, 2.24) is 0 Å². The molecule has 0 atom stereocenters. The number of methoxy groups -OCH3 is 1. The molecule has 3 N–H and O–H groups in total. The number of hydrogen-bond acceptors (Lipinski definition) is 4. The average Bonchev–Trinajstić information content (AvgIpc) is 2.17. The Morgan fingerprint density at radius 3 is 2.86 bits per heavy atom. The Balaban J connectivity index is 3.01. The van der Waals surface area contributed by atoms with Crippen molar-refractivity contribution in [2.75, 3.05) is 13.7 Å². The monoisotopic (exact) mass is 195 g/mol. The fourth-order valence-electron chi connectivity index (χ4n) is 1.18. The van der Waals surface area contributed by atoms with Crippen LogP contribution in [0.15, 0.2) is 18.2 Å². The van der Waals surface area contributed by atoms with Crippen molar-refractivity contribution < 1.29 is 14.6 Å². The number of Topliss-reactive ketones (excluding diaryl/α,β-unsaturated/α-hetero) is 1. The van der Waals surface area contributed by atoms with E-state index < -0.39 is 0 Å². The van der Waals surface area contributed by atoms with Gasteiger partial charge in [-0.2, -0.15) is 0 Å². The van der Waals surface area contributed by atoms with E-state index in [2.05, 4.69) is 0 Å². The molecule has 0 bridgehead atoms. The molecule has 0 saturated carbocycles. The highest BCUT2D eigenvalue weighted by Crippen LogP contribution is 2.24. The van der Waals surface area contributed by atoms with Gasteiger partial charge in [0.15, 0.2) is 5.78 Å². The summed E-state index contributed by atoms with van der Waals surface area (Å²) in [6, 6.07) is 4.39. The molecule has 0 spiro atoms. The standard InChI is InChI=1S/C10H13NO3/c1-14-10-6-7(12)2-3-8(10)9(13)4-5-11/h2-3,6,12H,4-5,11H2,1H3. The van der Waals surface area contributed by atoms with Gasteiger partial charge in [-0.3, -0.25) is 4.79 Å². The molecule has 0 aromatic heterocycles. The van der Waals surface area contributed by atoms with Crippen LogP contribution in [0.2, 0.25) is 0 Å². The molecule has 0 aliphatic heterocycles. The van der Waals surface area contributed by atoms with Crippen LogP contribution in [0.4, 0.5) is 0 Å². The molecule has 0 fully saturated rings. The number of aromatic hydroxyl groups is 1. The van der Waals surface area contributed by atoms with Gasteiger partial charge in [-0.05, 0) is 18.7 Å². The lowest BCUT2D eigenvalue weighted by Crippen LogP contribution is -2.09. The summed E-state index contributed by atoms with van der Waals surface area (Å²) in [5.41, 5.74) is 5.73. The summed E-state index contributed by atoms with van der Waals surface area (Å²) < 4.78 is 4.97. The van der Waals surface area contributed by atoms with Gasteiger partial charge in [0.25, 0.3) is 0 Å². The molecule has 0 radical (unpaired) electrons. The van der Waals surface area contributed by atoms with Gasteiger partial charge in [0.2, 0.25) is 0 Å². The Labute approximate surface area is 82.3 Å². The molecule has 4 nitrogen and oxygen atoms in total. The number of rotatable bonds is 4. The maximum Gasteiger partial charge on any atom is 0.167 e. The first-order chi connectivity index (χ1) is 6.69. The molecular weight excluding hydrogens is 182 g/mol. The average molecular weight is 195 g/mol. The smallest absolute Gasteiger partial charge is 0.167 e. The van der Waals surface area contributed by atoms with Gasteiger partial charge in [0, 0.05) is 12.5 Å². The first-order valence-electron chi connectivity index (χ1n) is 4.29. The number of ketones is 1. The predicted molar refractivity (Wildman–Crippen MR) is 52.7 cm³/mol. The molecule has 0 heterocycles. The van der Waals surface area contributed by atoms with Crippen LogP contribution in [0.25, 0.3) is 0 Å². The number of phenolic OH excluding ortho intramolecular Hbond substituents is 1. The molecule has 0 aliphatic rings. The summed E-state index contributed by atoms with van der Waals surface area (Å²) in [6.07, 6.45) is 0.279. The molecule has 0 amide bonds. The number of ether oxygens (including phenoxy) is 1. The third-order valence-electron chi connectivity index (χ3n) is 1.86. The van der Waals surface area contributed by atoms with E-state index >= 15 is 0 Å². The molecule has 1 aromatic carbocycles. The topological polar surface area (TPSA) is 72.5 Å². The van der Waals surface area contributed by atoms with E-state index in [-0.39, 0.29) is 18.0 Å². The first kappa shape index (κ1) is 10.5. The van der Waals surface area contributed by atoms with E-state index in [1.165, 1.54) is 25.3 Å². The number of nitrogens with two attached hydrogens (primary N) is 1. The van der Waals surface area contributed by atoms with E-state index in [9.17, 15) is 4.79 Å². The summed E-state index contributed by atoms with van der Waals surface area (Å²) >= 11 is 0. The number of phenols is 1. The number of carbonyl (C=O) groups is 1. The van der Waals surface area contributed by atoms with E-state index in [4.69, 9.17) is 15.6 Å². The molecule has 76 valence electrons. The van der Waals surface area contributed by atoms with Crippen LogP contribution in [-0.4, -0.2) is 24.5 Å². The lowest BCUT2D eigenvalue weighted by atomic mass is 10.1. The zero-order valence-electron chi connectivity index (χ0n) is 7.99. The van der Waals surface area contributed by atoms with Crippen molar-refractivity contribution in [3.05, 3.63) is 23.8 Å². The molecule has 0 saturated heterocycles. The summed E-state index contributed by atoms with van der Waals surface area (Å²) in [5, 5.41) is 9.16. The predicted octanol–water partition coefficient (Wildman–Crippen LogP) is 0.932. The molecule has 0 unspecified atom stereocenters. The molecular formula is C10H13NO3. The summed E-state index contributed by atoms with van der Waals surface area (Å²) in [5.74, 6) is 0.374. The molecule has 0 aliphatic carbocycles. The second kappa shape index (κ2) is 4.62. The molecule has 4 heteroatoms. The van der Waals surface area contributed by atoms with Crippen LogP contribution in [0.1, 0.15) is 16.8 Å². The van der Waals surface area contributed by atoms with Crippen molar-refractivity contribution in [2.45, 2.75) is 6.42 Å². The Kier molecular flexibility index (Phi) is 3.48. The summed E-state index contributed by atoms with van der Waals surface area (Å²) in [6.45, 7) is 0.308. The minimum atomic E-state index is -0.0793. The van der Waals surface area contributed by atoms with Gasteiger partial charge in [-0.25, -0.2) is 0 Å². The molecule has 1 aromatic rings. The number of benzene rings is 1. The van der Waals surface area contributed by atoms with Gasteiger partial charge in [0.1, 0.15) is 11.5 Å². The fraction of sp³-hybridized carbons (Fsp3) is 0.300. The lowest BCUT2D eigenvalue weighted by molar-refractivity contribution is 0.0982. The van der Waals surface area contributed by atoms with E-state index in [1.54, 1.807) is 0 Å². The highest BCUT2D eigenvalue weighted by atomic mass is 16.5. The third kappa shape index (κ3) is 2.23. The van der Waals surface area contributed by atoms with Gasteiger partial charge < -0.3 is 15.6 Å². The van der Waals surface area contributed by atoms with Crippen LogP contribution in [0.3, 0.4) is 0 Å². The normalized spacial score (nSPS) is 9.86. The lowest BCUT2D eigenvalue weighted by Gasteiger charge is -2.06. The van der Waals surface area contributed by atoms with Crippen LogP contribution in [0, 0.1) is 0 Å². The van der Waals surface area contributed by atoms with Crippen LogP contribution in [0.5, 0.6) is 11.5 Å². The van der Waals surface area contributed by atoms with Crippen molar-refractivity contribution in [3.63, 3.8) is 0 Å². The zero-order valence-corrected chi connectivity index (χ0v) is 7.99. The van der Waals surface area contributed by atoms with E-state index in [0.29, 0.717) is 17.9 Å². The quantitative estimate of drug-likeness (QED) is 0.701. The van der Waals surface area contributed by atoms with Crippen LogP contribution >= 0.6 is 0 Å². The second-order valence-electron chi connectivity index (χ2n) is 2.85. The maximum absolute atomic E-state index is 11.5. The first-order valence-corrected chi connectivity index (χ1v) is 4.29. The Morgan fingerprint density at radius 2 is 2.29 bits per heavy atom. The van der Waals surface area contributed by atoms with Gasteiger partial charge in [-0.1, -0.05) is 0 Å². The molecule has 1 rings (SSSR count). The second-order valence-corrected chi connectivity index (χ2v) is 2.85. The zero-order chi connectivity index (χ0) is 10.6. The van der Waals surface area contributed by atoms with E-state index in [0.717, 1.165) is 0 Å². The highest BCUT2D eigenvalue weighted by molar-refractivity contribution is 5.98. The largest absolute Gasteiger partial charge is 0.508 e. The van der Waals surface area contributed by atoms with Gasteiger partial charge in [-0.15, -0.1) is 0 Å². The minimum Gasteiger partial charge on any atom is -0.508 e. The Bertz CT molecular complexity index is 336. The Morgan fingerprint density at radius 1 is 1.57 bits per heavy atom. The number of carbonyl (C=O) groups excluding carboxylic acids is 1. The van der Waals surface area contributed by atoms with Crippen molar-refractivity contribution >= 4 is 5.78 Å². The van der Waals surface area contributed by atoms with Crippen molar-refractivity contribution in [2.24, 2.45) is 5.73 Å². The third-order valence-corrected chi connectivity index (χ3v) is 1.86. The van der Waals surface area contributed by atoms with Gasteiger partial charge in [0.05, 0.1) is 12.7 Å². The molecule has 14 heavy (non-hydrogen) atoms. The van der Waals surface area contributed by atoms with E-state index in [1.807, 2.05) is 0 Å². The van der Waals surface area contributed by atoms with Crippen LogP contribution < -0.4 is 10.5 Å². The number of hydrogen-bond donors (Lipinski definition) is 2. The van der Waals surface area contributed by atoms with Crippen molar-refractivity contribution in [1.29, 1.82) is 0 Å². The fourth-order valence-corrected chi connectivity index (χ4v) is 1.18. The maximum atomic E-state index is 11.5. The Hall–Kier alpha value is -1.55. The summed E-state index contributed by atoms with van der Waals surface area (Å²) in [4.78, 5) is 11.5.